The van der Waals surface area contributed by atoms with E-state index in [9.17, 15) is 4.79 Å². The molecule has 6 heteroatoms. The van der Waals surface area contributed by atoms with Gasteiger partial charge in [0.1, 0.15) is 11.9 Å². The first-order valence-corrected chi connectivity index (χ1v) is 6.99. The highest BCUT2D eigenvalue weighted by Crippen LogP contribution is 2.24. The van der Waals surface area contributed by atoms with Crippen molar-refractivity contribution >= 4 is 5.97 Å². The monoisotopic (exact) mass is 287 g/mol. The lowest BCUT2D eigenvalue weighted by molar-refractivity contribution is -0.0394. The molecule has 1 fully saturated rings. The summed E-state index contributed by atoms with van der Waals surface area (Å²) in [4.78, 5) is 15.8. The fourth-order valence-electron chi connectivity index (χ4n) is 2.37. The summed E-state index contributed by atoms with van der Waals surface area (Å²) in [6.45, 7) is 0.774. The number of aromatic nitrogens is 3. The number of ether oxygens (including phenoxy) is 2. The van der Waals surface area contributed by atoms with Gasteiger partial charge < -0.3 is 9.47 Å². The number of nitrogens with zero attached hydrogens (tertiary/aromatic N) is 3. The number of esters is 1. The van der Waals surface area contributed by atoms with E-state index < -0.39 is 5.97 Å². The zero-order chi connectivity index (χ0) is 14.7. The van der Waals surface area contributed by atoms with E-state index in [1.54, 1.807) is 18.3 Å². The number of carbonyl (C=O) groups is 1. The fraction of sp³-hybridized carbons (Fsp3) is 0.400. The molecule has 1 atom stereocenters. The van der Waals surface area contributed by atoms with Crippen LogP contribution in [0, 0.1) is 0 Å². The van der Waals surface area contributed by atoms with Crippen molar-refractivity contribution in [1.82, 2.24) is 14.8 Å². The molecule has 0 saturated carbocycles. The summed E-state index contributed by atoms with van der Waals surface area (Å²) in [7, 11) is 1.34. The summed E-state index contributed by atoms with van der Waals surface area (Å²) in [5.41, 5.74) is 1.84. The molecule has 0 aromatic carbocycles. The van der Waals surface area contributed by atoms with Crippen LogP contribution in [0.15, 0.2) is 30.6 Å². The third-order valence-corrected chi connectivity index (χ3v) is 3.49. The second-order valence-electron chi connectivity index (χ2n) is 4.93. The molecule has 0 aliphatic carbocycles. The van der Waals surface area contributed by atoms with Gasteiger partial charge in [0.05, 0.1) is 19.0 Å². The molecule has 0 radical (unpaired) electrons. The highest BCUT2D eigenvalue weighted by atomic mass is 16.5. The Labute approximate surface area is 122 Å². The number of hydrogen-bond acceptors (Lipinski definition) is 5. The molecule has 110 valence electrons. The number of rotatable bonds is 3. The number of pyridine rings is 1. The normalized spacial score (nSPS) is 18.4. The highest BCUT2D eigenvalue weighted by Gasteiger charge is 2.17. The van der Waals surface area contributed by atoms with Gasteiger partial charge in [-0.3, -0.25) is 0 Å². The van der Waals surface area contributed by atoms with Crippen LogP contribution in [0.3, 0.4) is 0 Å². The second kappa shape index (κ2) is 6.05. The van der Waals surface area contributed by atoms with E-state index in [0.717, 1.165) is 31.4 Å². The van der Waals surface area contributed by atoms with Crippen LogP contribution in [-0.4, -0.2) is 34.5 Å². The van der Waals surface area contributed by atoms with Crippen molar-refractivity contribution in [2.45, 2.75) is 25.5 Å². The molecule has 0 bridgehead atoms. The van der Waals surface area contributed by atoms with Crippen LogP contribution in [0.1, 0.15) is 36.0 Å². The Morgan fingerprint density at radius 3 is 3.10 bits per heavy atom. The van der Waals surface area contributed by atoms with Crippen molar-refractivity contribution in [3.8, 4) is 11.3 Å². The van der Waals surface area contributed by atoms with Crippen molar-refractivity contribution in [3.63, 3.8) is 0 Å². The minimum Gasteiger partial charge on any atom is -0.464 e. The third kappa shape index (κ3) is 2.95. The topological polar surface area (TPSA) is 66.2 Å². The van der Waals surface area contributed by atoms with Gasteiger partial charge in [-0.05, 0) is 31.4 Å². The van der Waals surface area contributed by atoms with E-state index in [2.05, 4.69) is 14.8 Å². The Kier molecular flexibility index (Phi) is 3.96. The Morgan fingerprint density at radius 2 is 2.33 bits per heavy atom. The Balaban J connectivity index is 1.84. The molecule has 3 rings (SSSR count). The van der Waals surface area contributed by atoms with Crippen molar-refractivity contribution in [2.75, 3.05) is 13.7 Å². The van der Waals surface area contributed by atoms with Crippen LogP contribution in [0.2, 0.25) is 0 Å². The lowest BCUT2D eigenvalue weighted by atomic mass is 10.2. The van der Waals surface area contributed by atoms with Gasteiger partial charge in [-0.15, -0.1) is 0 Å². The van der Waals surface area contributed by atoms with Crippen molar-refractivity contribution in [2.24, 2.45) is 0 Å². The molecule has 1 unspecified atom stereocenters. The van der Waals surface area contributed by atoms with E-state index in [0.29, 0.717) is 5.69 Å². The van der Waals surface area contributed by atoms with Gasteiger partial charge in [0.15, 0.2) is 0 Å². The molecule has 6 nitrogen and oxygen atoms in total. The predicted molar refractivity (Wildman–Crippen MR) is 75.6 cm³/mol. The van der Waals surface area contributed by atoms with Crippen LogP contribution in [0.25, 0.3) is 11.3 Å². The Hall–Kier alpha value is -2.21. The summed E-state index contributed by atoms with van der Waals surface area (Å²) in [5, 5.41) is 4.35. The first-order valence-electron chi connectivity index (χ1n) is 6.99. The average molecular weight is 287 g/mol. The van der Waals surface area contributed by atoms with Gasteiger partial charge in [0.2, 0.25) is 0 Å². The molecule has 3 heterocycles. The number of hydrogen-bond donors (Lipinski definition) is 0. The maximum Gasteiger partial charge on any atom is 0.356 e. The van der Waals surface area contributed by atoms with Crippen LogP contribution in [0.5, 0.6) is 0 Å². The van der Waals surface area contributed by atoms with Crippen LogP contribution < -0.4 is 0 Å². The summed E-state index contributed by atoms with van der Waals surface area (Å²) in [6.07, 6.45) is 6.86. The van der Waals surface area contributed by atoms with E-state index in [1.165, 1.54) is 7.11 Å². The first-order chi connectivity index (χ1) is 10.3. The lowest BCUT2D eigenvalue weighted by Crippen LogP contribution is -2.18. The molecule has 2 aromatic rings. The van der Waals surface area contributed by atoms with Crippen molar-refractivity contribution in [1.29, 1.82) is 0 Å². The zero-order valence-corrected chi connectivity index (χ0v) is 11.9. The maximum absolute atomic E-state index is 11.5. The molecule has 0 N–H and O–H groups in total. The lowest BCUT2D eigenvalue weighted by Gasteiger charge is -2.22. The molecular weight excluding hydrogens is 270 g/mol. The first kappa shape index (κ1) is 13.8. The highest BCUT2D eigenvalue weighted by molar-refractivity contribution is 5.87. The van der Waals surface area contributed by atoms with E-state index in [4.69, 9.17) is 4.74 Å². The molecule has 1 saturated heterocycles. The summed E-state index contributed by atoms with van der Waals surface area (Å²) in [5.74, 6) is -0.445. The molecule has 2 aromatic heterocycles. The van der Waals surface area contributed by atoms with E-state index in [-0.39, 0.29) is 11.9 Å². The van der Waals surface area contributed by atoms with E-state index in [1.807, 2.05) is 16.9 Å². The summed E-state index contributed by atoms with van der Waals surface area (Å²) < 4.78 is 12.2. The van der Waals surface area contributed by atoms with Crippen molar-refractivity contribution < 1.29 is 14.3 Å². The standard InChI is InChI=1S/C15H17N3O3/c1-20-15(19)13-6-4-5-12(17-13)11-9-16-18(10-11)14-7-2-3-8-21-14/h4-6,9-10,14H,2-3,7-8H2,1H3. The third-order valence-electron chi connectivity index (χ3n) is 3.49. The molecule has 0 spiro atoms. The van der Waals surface area contributed by atoms with Crippen LogP contribution in [0.4, 0.5) is 0 Å². The van der Waals surface area contributed by atoms with Crippen LogP contribution in [-0.2, 0) is 9.47 Å². The number of methoxy groups -OCH3 is 1. The van der Waals surface area contributed by atoms with E-state index >= 15 is 0 Å². The Morgan fingerprint density at radius 1 is 1.43 bits per heavy atom. The fourth-order valence-corrected chi connectivity index (χ4v) is 2.37. The van der Waals surface area contributed by atoms with Crippen LogP contribution >= 0.6 is 0 Å². The van der Waals surface area contributed by atoms with Gasteiger partial charge in [0, 0.05) is 18.4 Å². The molecule has 1 aliphatic heterocycles. The molecular formula is C15H17N3O3. The van der Waals surface area contributed by atoms with Gasteiger partial charge in [0.25, 0.3) is 0 Å². The molecule has 1 aliphatic rings. The molecule has 0 amide bonds. The smallest absolute Gasteiger partial charge is 0.356 e. The maximum atomic E-state index is 11.5. The number of carbonyl (C=O) groups excluding carboxylic acids is 1. The minimum atomic E-state index is -0.445. The SMILES string of the molecule is COC(=O)c1cccc(-c2cnn(C3CCCCO3)c2)n1. The van der Waals surface area contributed by atoms with Gasteiger partial charge in [-0.1, -0.05) is 6.07 Å². The predicted octanol–water partition coefficient (Wildman–Crippen LogP) is 2.43. The van der Waals surface area contributed by atoms with Gasteiger partial charge in [-0.2, -0.15) is 5.10 Å². The van der Waals surface area contributed by atoms with Gasteiger partial charge in [-0.25, -0.2) is 14.5 Å². The second-order valence-corrected chi connectivity index (χ2v) is 4.93. The molecule has 21 heavy (non-hydrogen) atoms. The Bertz CT molecular complexity index is 633. The minimum absolute atomic E-state index is 0.00344. The quantitative estimate of drug-likeness (QED) is 0.811. The van der Waals surface area contributed by atoms with Gasteiger partial charge >= 0.3 is 5.97 Å². The summed E-state index contributed by atoms with van der Waals surface area (Å²) in [6, 6.07) is 5.25. The summed E-state index contributed by atoms with van der Waals surface area (Å²) >= 11 is 0. The van der Waals surface area contributed by atoms with Crippen molar-refractivity contribution in [3.05, 3.63) is 36.3 Å². The zero-order valence-electron chi connectivity index (χ0n) is 11.9. The average Bonchev–Trinajstić information content (AvgIpc) is 3.05. The largest absolute Gasteiger partial charge is 0.464 e.